The van der Waals surface area contributed by atoms with Crippen molar-refractivity contribution in [3.05, 3.63) is 44.4 Å². The highest BCUT2D eigenvalue weighted by atomic mass is 32.1. The zero-order valence-electron chi connectivity index (χ0n) is 12.0. The van der Waals surface area contributed by atoms with Gasteiger partial charge in [0, 0.05) is 35.7 Å². The van der Waals surface area contributed by atoms with Crippen molar-refractivity contribution in [2.24, 2.45) is 0 Å². The Hall–Kier alpha value is -2.15. The first-order chi connectivity index (χ1) is 10.1. The lowest BCUT2D eigenvalue weighted by Gasteiger charge is -2.09. The van der Waals surface area contributed by atoms with Crippen molar-refractivity contribution in [3.8, 4) is 5.75 Å². The SMILES string of the molecule is CCNc1cc(OCCc2scnc2C)cc([N+](=O)[O-])c1. The molecule has 0 radical (unpaired) electrons. The maximum Gasteiger partial charge on any atom is 0.275 e. The fraction of sp³-hybridized carbons (Fsp3) is 0.357. The Morgan fingerprint density at radius 3 is 2.86 bits per heavy atom. The number of rotatable bonds is 7. The standard InChI is InChI=1S/C14H17N3O3S/c1-3-15-11-6-12(17(18)19)8-13(7-11)20-5-4-14-10(2)16-9-21-14/h6-9,15H,3-5H2,1-2H3. The summed E-state index contributed by atoms with van der Waals surface area (Å²) in [5.74, 6) is 0.502. The van der Waals surface area contributed by atoms with Crippen LogP contribution in [0.3, 0.4) is 0 Å². The lowest BCUT2D eigenvalue weighted by molar-refractivity contribution is -0.384. The molecule has 2 rings (SSSR count). The second-order valence-electron chi connectivity index (χ2n) is 4.46. The van der Waals surface area contributed by atoms with Crippen LogP contribution in [0.25, 0.3) is 0 Å². The summed E-state index contributed by atoms with van der Waals surface area (Å²) in [5, 5.41) is 14.0. The Morgan fingerprint density at radius 2 is 2.24 bits per heavy atom. The molecule has 0 aliphatic rings. The van der Waals surface area contributed by atoms with Crippen molar-refractivity contribution in [1.29, 1.82) is 0 Å². The number of hydrogen-bond acceptors (Lipinski definition) is 6. The molecule has 0 saturated carbocycles. The summed E-state index contributed by atoms with van der Waals surface area (Å²) in [6.07, 6.45) is 0.746. The number of thiazole rings is 1. The van der Waals surface area contributed by atoms with Crippen molar-refractivity contribution in [1.82, 2.24) is 4.98 Å². The van der Waals surface area contributed by atoms with Gasteiger partial charge in [0.2, 0.25) is 0 Å². The molecular weight excluding hydrogens is 290 g/mol. The molecule has 0 fully saturated rings. The van der Waals surface area contributed by atoms with Crippen molar-refractivity contribution in [3.63, 3.8) is 0 Å². The quantitative estimate of drug-likeness (QED) is 0.626. The summed E-state index contributed by atoms with van der Waals surface area (Å²) in [4.78, 5) is 15.9. The van der Waals surface area contributed by atoms with Gasteiger partial charge in [0.15, 0.2) is 0 Å². The monoisotopic (exact) mass is 307 g/mol. The van der Waals surface area contributed by atoms with Gasteiger partial charge in [-0.1, -0.05) is 0 Å². The maximum absolute atomic E-state index is 10.9. The Morgan fingerprint density at radius 1 is 1.43 bits per heavy atom. The van der Waals surface area contributed by atoms with E-state index in [2.05, 4.69) is 10.3 Å². The minimum Gasteiger partial charge on any atom is -0.493 e. The van der Waals surface area contributed by atoms with Gasteiger partial charge in [0.1, 0.15) is 5.75 Å². The highest BCUT2D eigenvalue weighted by molar-refractivity contribution is 7.09. The molecule has 1 N–H and O–H groups in total. The Balaban J connectivity index is 2.04. The summed E-state index contributed by atoms with van der Waals surface area (Å²) in [7, 11) is 0. The highest BCUT2D eigenvalue weighted by Gasteiger charge is 2.11. The molecule has 1 aromatic carbocycles. The van der Waals surface area contributed by atoms with Crippen LogP contribution in [-0.4, -0.2) is 23.1 Å². The van der Waals surface area contributed by atoms with Crippen molar-refractivity contribution in [2.45, 2.75) is 20.3 Å². The molecular formula is C14H17N3O3S. The van der Waals surface area contributed by atoms with Crippen LogP contribution in [0.1, 0.15) is 17.5 Å². The van der Waals surface area contributed by atoms with Crippen LogP contribution < -0.4 is 10.1 Å². The van der Waals surface area contributed by atoms with Crippen molar-refractivity contribution < 1.29 is 9.66 Å². The minimum absolute atomic E-state index is 0.0254. The molecule has 1 aromatic heterocycles. The van der Waals surface area contributed by atoms with Gasteiger partial charge in [-0.3, -0.25) is 10.1 Å². The minimum atomic E-state index is -0.416. The number of nitrogens with one attached hydrogen (secondary N) is 1. The van der Waals surface area contributed by atoms with E-state index in [1.165, 1.54) is 17.0 Å². The zero-order chi connectivity index (χ0) is 15.2. The largest absolute Gasteiger partial charge is 0.493 e. The van der Waals surface area contributed by atoms with E-state index >= 15 is 0 Å². The summed E-state index contributed by atoms with van der Waals surface area (Å²) < 4.78 is 5.65. The molecule has 0 aliphatic heterocycles. The predicted molar refractivity (Wildman–Crippen MR) is 83.3 cm³/mol. The molecule has 1 heterocycles. The number of hydrogen-bond donors (Lipinski definition) is 1. The second kappa shape index (κ2) is 7.03. The number of non-ortho nitro benzene ring substituents is 1. The van der Waals surface area contributed by atoms with Crippen molar-refractivity contribution >= 4 is 22.7 Å². The second-order valence-corrected chi connectivity index (χ2v) is 5.40. The van der Waals surface area contributed by atoms with Crippen LogP contribution in [0.4, 0.5) is 11.4 Å². The van der Waals surface area contributed by atoms with E-state index in [0.717, 1.165) is 12.1 Å². The number of aromatic nitrogens is 1. The molecule has 2 aromatic rings. The van der Waals surface area contributed by atoms with Crippen LogP contribution >= 0.6 is 11.3 Å². The van der Waals surface area contributed by atoms with E-state index < -0.39 is 4.92 Å². The van der Waals surface area contributed by atoms with Crippen LogP contribution in [0.2, 0.25) is 0 Å². The third kappa shape index (κ3) is 4.16. The first-order valence-electron chi connectivity index (χ1n) is 6.65. The fourth-order valence-electron chi connectivity index (χ4n) is 1.91. The van der Waals surface area contributed by atoms with E-state index in [9.17, 15) is 10.1 Å². The first-order valence-corrected chi connectivity index (χ1v) is 7.53. The van der Waals surface area contributed by atoms with Crippen LogP contribution in [0.5, 0.6) is 5.75 Å². The molecule has 0 aliphatic carbocycles. The number of benzene rings is 1. The molecule has 0 bridgehead atoms. The number of nitro groups is 1. The van der Waals surface area contributed by atoms with E-state index in [4.69, 9.17) is 4.74 Å². The van der Waals surface area contributed by atoms with Crippen molar-refractivity contribution in [2.75, 3.05) is 18.5 Å². The molecule has 0 spiro atoms. The smallest absolute Gasteiger partial charge is 0.275 e. The van der Waals surface area contributed by atoms with Gasteiger partial charge in [0.25, 0.3) is 5.69 Å². The highest BCUT2D eigenvalue weighted by Crippen LogP contribution is 2.26. The average molecular weight is 307 g/mol. The third-order valence-electron chi connectivity index (χ3n) is 2.93. The molecule has 0 atom stereocenters. The lowest BCUT2D eigenvalue weighted by atomic mass is 10.2. The van der Waals surface area contributed by atoms with Crippen LogP contribution in [0.15, 0.2) is 23.7 Å². The predicted octanol–water partition coefficient (Wildman–Crippen LogP) is 3.41. The number of nitrogens with zero attached hydrogens (tertiary/aromatic N) is 2. The normalized spacial score (nSPS) is 10.4. The topological polar surface area (TPSA) is 77.3 Å². The van der Waals surface area contributed by atoms with E-state index in [0.29, 0.717) is 24.6 Å². The molecule has 0 unspecified atom stereocenters. The average Bonchev–Trinajstić information content (AvgIpc) is 2.84. The third-order valence-corrected chi connectivity index (χ3v) is 3.92. The maximum atomic E-state index is 10.9. The Labute approximate surface area is 126 Å². The summed E-state index contributed by atoms with van der Waals surface area (Å²) in [5.41, 5.74) is 3.53. The molecule has 21 heavy (non-hydrogen) atoms. The van der Waals surface area contributed by atoms with E-state index in [1.807, 2.05) is 13.8 Å². The van der Waals surface area contributed by atoms with Crippen LogP contribution in [0, 0.1) is 17.0 Å². The first kappa shape index (κ1) is 15.2. The molecule has 0 amide bonds. The summed E-state index contributed by atoms with van der Waals surface area (Å²) in [6, 6.07) is 4.72. The Kier molecular flexibility index (Phi) is 5.10. The lowest BCUT2D eigenvalue weighted by Crippen LogP contribution is -2.03. The number of nitro benzene ring substituents is 1. The number of anilines is 1. The fourth-order valence-corrected chi connectivity index (χ4v) is 2.67. The summed E-state index contributed by atoms with van der Waals surface area (Å²) in [6.45, 7) is 5.06. The Bertz CT molecular complexity index is 628. The number of aryl methyl sites for hydroxylation is 1. The number of ether oxygens (including phenoxy) is 1. The zero-order valence-corrected chi connectivity index (χ0v) is 12.8. The molecule has 0 saturated heterocycles. The molecule has 112 valence electrons. The van der Waals surface area contributed by atoms with Gasteiger partial charge < -0.3 is 10.1 Å². The van der Waals surface area contributed by atoms with Crippen LogP contribution in [-0.2, 0) is 6.42 Å². The van der Waals surface area contributed by atoms with Gasteiger partial charge in [0.05, 0.1) is 28.8 Å². The molecule has 7 heteroatoms. The van der Waals surface area contributed by atoms with E-state index in [-0.39, 0.29) is 5.69 Å². The van der Waals surface area contributed by atoms with Gasteiger partial charge in [-0.2, -0.15) is 0 Å². The van der Waals surface area contributed by atoms with E-state index in [1.54, 1.807) is 22.9 Å². The summed E-state index contributed by atoms with van der Waals surface area (Å²) >= 11 is 1.59. The molecule has 6 nitrogen and oxygen atoms in total. The van der Waals surface area contributed by atoms with Gasteiger partial charge in [-0.25, -0.2) is 4.98 Å². The van der Waals surface area contributed by atoms with Gasteiger partial charge in [-0.15, -0.1) is 11.3 Å². The van der Waals surface area contributed by atoms with Gasteiger partial charge in [-0.05, 0) is 13.8 Å². The van der Waals surface area contributed by atoms with Gasteiger partial charge >= 0.3 is 0 Å².